The molecule has 2 aromatic heterocycles. The van der Waals surface area contributed by atoms with E-state index in [0.29, 0.717) is 12.0 Å². The molecule has 2 fully saturated rings. The second-order valence-corrected chi connectivity index (χ2v) is 6.87. The molecule has 1 aliphatic heterocycles. The molecular weight excluding hydrogens is 282 g/mol. The third-order valence-corrected chi connectivity index (χ3v) is 5.36. The van der Waals surface area contributed by atoms with Crippen molar-refractivity contribution in [3.8, 4) is 0 Å². The topological polar surface area (TPSA) is 45.2 Å². The van der Waals surface area contributed by atoms with Crippen molar-refractivity contribution >= 4 is 22.3 Å². The Hall–Kier alpha value is -1.69. The van der Waals surface area contributed by atoms with Gasteiger partial charge < -0.3 is 9.80 Å². The van der Waals surface area contributed by atoms with Gasteiger partial charge in [-0.25, -0.2) is 4.98 Å². The number of aryl methyl sites for hydroxylation is 1. The summed E-state index contributed by atoms with van der Waals surface area (Å²) in [5.41, 5.74) is 2.26. The van der Waals surface area contributed by atoms with Gasteiger partial charge in [0.1, 0.15) is 0 Å². The van der Waals surface area contributed by atoms with Crippen molar-refractivity contribution in [2.24, 2.45) is 0 Å². The van der Waals surface area contributed by atoms with Crippen molar-refractivity contribution in [3.63, 3.8) is 0 Å². The third kappa shape index (κ3) is 2.48. The average molecular weight is 301 g/mol. The lowest BCUT2D eigenvalue weighted by Gasteiger charge is -2.44. The van der Waals surface area contributed by atoms with Crippen LogP contribution in [0.4, 0.5) is 10.9 Å². The Bertz CT molecular complexity index is 628. The van der Waals surface area contributed by atoms with Crippen molar-refractivity contribution < 1.29 is 0 Å². The molecule has 0 spiro atoms. The summed E-state index contributed by atoms with van der Waals surface area (Å²) in [6.45, 7) is 4.02. The number of likely N-dealkylation sites (N-methyl/N-ethyl adjacent to an activating group) is 1. The molecule has 6 heteroatoms. The Morgan fingerprint density at radius 2 is 2.05 bits per heavy atom. The molecule has 1 saturated heterocycles. The van der Waals surface area contributed by atoms with Crippen LogP contribution in [0.15, 0.2) is 17.5 Å². The number of hydrogen-bond donors (Lipinski definition) is 0. The molecule has 5 nitrogen and oxygen atoms in total. The van der Waals surface area contributed by atoms with E-state index < -0.39 is 0 Å². The number of rotatable bonds is 4. The Morgan fingerprint density at radius 1 is 1.24 bits per heavy atom. The molecule has 0 bridgehead atoms. The van der Waals surface area contributed by atoms with Crippen LogP contribution in [0, 0.1) is 6.92 Å². The van der Waals surface area contributed by atoms with Gasteiger partial charge in [0.2, 0.25) is 0 Å². The fourth-order valence-electron chi connectivity index (χ4n) is 2.65. The van der Waals surface area contributed by atoms with Crippen LogP contribution >= 0.6 is 11.3 Å². The van der Waals surface area contributed by atoms with E-state index in [9.17, 15) is 0 Å². The summed E-state index contributed by atoms with van der Waals surface area (Å²) < 4.78 is 0. The first-order valence-corrected chi connectivity index (χ1v) is 8.32. The van der Waals surface area contributed by atoms with Crippen LogP contribution in [0.1, 0.15) is 30.1 Å². The number of thiazole rings is 1. The molecule has 4 rings (SSSR count). The van der Waals surface area contributed by atoms with Crippen molar-refractivity contribution in [1.82, 2.24) is 15.2 Å². The van der Waals surface area contributed by atoms with E-state index in [1.807, 2.05) is 6.92 Å². The first-order valence-electron chi connectivity index (χ1n) is 7.44. The van der Waals surface area contributed by atoms with Crippen LogP contribution in [0.3, 0.4) is 0 Å². The van der Waals surface area contributed by atoms with Crippen molar-refractivity contribution in [3.05, 3.63) is 28.9 Å². The zero-order valence-electron chi connectivity index (χ0n) is 12.4. The monoisotopic (exact) mass is 301 g/mol. The molecule has 0 amide bonds. The molecular formula is C15H19N5S. The van der Waals surface area contributed by atoms with Gasteiger partial charge in [0, 0.05) is 31.4 Å². The highest BCUT2D eigenvalue weighted by atomic mass is 32.1. The molecule has 1 aliphatic carbocycles. The van der Waals surface area contributed by atoms with Crippen LogP contribution in [0.25, 0.3) is 0 Å². The van der Waals surface area contributed by atoms with Gasteiger partial charge in [-0.05, 0) is 31.9 Å². The quantitative estimate of drug-likeness (QED) is 0.868. The molecule has 0 unspecified atom stereocenters. The molecule has 2 aromatic rings. The van der Waals surface area contributed by atoms with Crippen LogP contribution in [0.2, 0.25) is 0 Å². The zero-order valence-corrected chi connectivity index (χ0v) is 13.2. The van der Waals surface area contributed by atoms with Gasteiger partial charge in [-0.1, -0.05) is 0 Å². The van der Waals surface area contributed by atoms with Crippen LogP contribution < -0.4 is 9.80 Å². The lowest BCUT2D eigenvalue weighted by Crippen LogP contribution is -2.59. The van der Waals surface area contributed by atoms with Crippen molar-refractivity contribution in [2.45, 2.75) is 31.7 Å². The predicted octanol–water partition coefficient (Wildman–Crippen LogP) is 2.44. The number of aromatic nitrogens is 3. The molecule has 0 N–H and O–H groups in total. The van der Waals surface area contributed by atoms with Gasteiger partial charge in [0.05, 0.1) is 17.4 Å². The van der Waals surface area contributed by atoms with E-state index in [1.165, 1.54) is 12.8 Å². The maximum atomic E-state index is 4.55. The van der Waals surface area contributed by atoms with E-state index >= 15 is 0 Å². The van der Waals surface area contributed by atoms with Gasteiger partial charge in [0.25, 0.3) is 0 Å². The summed E-state index contributed by atoms with van der Waals surface area (Å²) in [5.74, 6) is 1.68. The normalized spacial score (nSPS) is 18.7. The summed E-state index contributed by atoms with van der Waals surface area (Å²) in [5, 5.41) is 11.9. The predicted molar refractivity (Wildman–Crippen MR) is 85.3 cm³/mol. The molecule has 1 saturated carbocycles. The van der Waals surface area contributed by atoms with Gasteiger partial charge in [-0.15, -0.1) is 16.4 Å². The van der Waals surface area contributed by atoms with Crippen LogP contribution in [-0.4, -0.2) is 41.4 Å². The van der Waals surface area contributed by atoms with E-state index in [-0.39, 0.29) is 0 Å². The highest BCUT2D eigenvalue weighted by Crippen LogP contribution is 2.39. The van der Waals surface area contributed by atoms with E-state index in [0.717, 1.165) is 35.4 Å². The Balaban J connectivity index is 1.37. The summed E-state index contributed by atoms with van der Waals surface area (Å²) in [6.07, 6.45) is 2.55. The van der Waals surface area contributed by atoms with E-state index in [1.54, 1.807) is 11.3 Å². The minimum Gasteiger partial charge on any atom is -0.351 e. The lowest BCUT2D eigenvalue weighted by atomic mass is 10.1. The second kappa shape index (κ2) is 4.94. The minimum atomic E-state index is 0.514. The Kier molecular flexibility index (Phi) is 3.06. The van der Waals surface area contributed by atoms with Gasteiger partial charge in [-0.2, -0.15) is 5.10 Å². The number of anilines is 2. The second-order valence-electron chi connectivity index (χ2n) is 6.03. The number of nitrogens with zero attached hydrogens (tertiary/aromatic N) is 5. The van der Waals surface area contributed by atoms with E-state index in [2.05, 4.69) is 49.5 Å². The van der Waals surface area contributed by atoms with Gasteiger partial charge in [0.15, 0.2) is 10.9 Å². The summed E-state index contributed by atoms with van der Waals surface area (Å²) >= 11 is 1.71. The number of hydrogen-bond acceptors (Lipinski definition) is 6. The maximum Gasteiger partial charge on any atom is 0.185 e. The van der Waals surface area contributed by atoms with Gasteiger partial charge in [-0.3, -0.25) is 0 Å². The van der Waals surface area contributed by atoms with E-state index in [4.69, 9.17) is 0 Å². The standard InChI is InChI=1S/C15H19N5S/c1-10-9-21-15(16-10)19(2)12-7-20(8-12)14-6-5-13(17-18-14)11-3-4-11/h5-6,9,11-12H,3-4,7-8H2,1-2H3. The van der Waals surface area contributed by atoms with Crippen LogP contribution in [0.5, 0.6) is 0 Å². The lowest BCUT2D eigenvalue weighted by molar-refractivity contribution is 0.489. The molecule has 0 radical (unpaired) electrons. The van der Waals surface area contributed by atoms with Crippen molar-refractivity contribution in [2.75, 3.05) is 29.9 Å². The SMILES string of the molecule is Cc1csc(N(C)C2CN(c3ccc(C4CC4)nn3)C2)n1. The third-order valence-electron chi connectivity index (χ3n) is 4.31. The Morgan fingerprint density at radius 3 is 2.62 bits per heavy atom. The van der Waals surface area contributed by atoms with Crippen LogP contribution in [-0.2, 0) is 0 Å². The smallest absolute Gasteiger partial charge is 0.185 e. The van der Waals surface area contributed by atoms with Gasteiger partial charge >= 0.3 is 0 Å². The summed E-state index contributed by atoms with van der Waals surface area (Å²) in [6, 6.07) is 4.77. The first kappa shape index (κ1) is 13.0. The Labute approximate surface area is 128 Å². The molecule has 2 aliphatic rings. The molecule has 3 heterocycles. The fourth-order valence-corrected chi connectivity index (χ4v) is 3.49. The summed E-state index contributed by atoms with van der Waals surface area (Å²) in [4.78, 5) is 9.11. The molecule has 0 aromatic carbocycles. The largest absolute Gasteiger partial charge is 0.351 e. The molecule has 0 atom stereocenters. The summed E-state index contributed by atoms with van der Waals surface area (Å²) in [7, 11) is 2.13. The highest BCUT2D eigenvalue weighted by molar-refractivity contribution is 7.13. The fraction of sp³-hybridized carbons (Fsp3) is 0.533. The maximum absolute atomic E-state index is 4.55. The molecule has 21 heavy (non-hydrogen) atoms. The first-order chi connectivity index (χ1) is 10.2. The minimum absolute atomic E-state index is 0.514. The average Bonchev–Trinajstić information content (AvgIpc) is 3.20. The zero-order chi connectivity index (χ0) is 14.4. The van der Waals surface area contributed by atoms with Crippen molar-refractivity contribution in [1.29, 1.82) is 0 Å². The highest BCUT2D eigenvalue weighted by Gasteiger charge is 2.33. The molecule has 110 valence electrons.